The number of Topliss-reactive ketones (excluding diaryl/α,β-unsaturated/α-hetero) is 1. The fourth-order valence-corrected chi connectivity index (χ4v) is 6.15. The van der Waals surface area contributed by atoms with E-state index < -0.39 is 0 Å². The van der Waals surface area contributed by atoms with Gasteiger partial charge in [0.2, 0.25) is 0 Å². The zero-order valence-corrected chi connectivity index (χ0v) is 19.7. The van der Waals surface area contributed by atoms with Crippen LogP contribution in [0.2, 0.25) is 0 Å². The maximum absolute atomic E-state index is 13.3. The van der Waals surface area contributed by atoms with Gasteiger partial charge in [0.15, 0.2) is 0 Å². The highest BCUT2D eigenvalue weighted by atomic mass is 16.6. The summed E-state index contributed by atoms with van der Waals surface area (Å²) in [7, 11) is 4.00. The lowest BCUT2D eigenvalue weighted by Crippen LogP contribution is -2.56. The van der Waals surface area contributed by atoms with Crippen LogP contribution in [0.15, 0.2) is 48.5 Å². The van der Waals surface area contributed by atoms with Gasteiger partial charge in [-0.15, -0.1) is 0 Å². The normalized spacial score (nSPS) is 23.8. The van der Waals surface area contributed by atoms with Crippen molar-refractivity contribution >= 4 is 11.9 Å². The number of carbonyl (C=O) groups is 2. The molecule has 3 aliphatic rings. The molecule has 33 heavy (non-hydrogen) atoms. The summed E-state index contributed by atoms with van der Waals surface area (Å²) in [4.78, 5) is 30.1. The Balaban J connectivity index is 1.26. The van der Waals surface area contributed by atoms with E-state index in [1.807, 2.05) is 19.0 Å². The van der Waals surface area contributed by atoms with Crippen LogP contribution in [-0.2, 0) is 9.53 Å². The molecule has 5 rings (SSSR count). The summed E-state index contributed by atoms with van der Waals surface area (Å²) in [5, 5.41) is 0. The number of ketones is 1. The van der Waals surface area contributed by atoms with E-state index in [2.05, 4.69) is 53.4 Å². The fourth-order valence-electron chi connectivity index (χ4n) is 6.15. The zero-order chi connectivity index (χ0) is 22.9. The minimum Gasteiger partial charge on any atom is -0.448 e. The Hall–Kier alpha value is -2.66. The fraction of sp³-hybridized carbons (Fsp3) is 0.500. The molecule has 2 aromatic rings. The summed E-state index contributed by atoms with van der Waals surface area (Å²) in [5.74, 6) is 0.511. The van der Waals surface area contributed by atoms with E-state index in [1.54, 1.807) is 0 Å². The van der Waals surface area contributed by atoms with Crippen LogP contribution in [0.4, 0.5) is 4.79 Å². The molecule has 0 aromatic heterocycles. The lowest BCUT2D eigenvalue weighted by molar-refractivity contribution is -0.126. The summed E-state index contributed by atoms with van der Waals surface area (Å²) < 4.78 is 5.99. The van der Waals surface area contributed by atoms with Crippen LogP contribution in [0.1, 0.15) is 55.6 Å². The number of amides is 1. The second kappa shape index (κ2) is 9.30. The number of ether oxygens (including phenoxy) is 1. The molecule has 5 nitrogen and oxygen atoms in total. The first kappa shape index (κ1) is 22.1. The van der Waals surface area contributed by atoms with Crippen molar-refractivity contribution < 1.29 is 14.3 Å². The van der Waals surface area contributed by atoms with Crippen molar-refractivity contribution in [3.05, 3.63) is 59.7 Å². The Morgan fingerprint density at radius 1 is 0.939 bits per heavy atom. The molecule has 2 saturated heterocycles. The number of piperidine rings is 2. The minimum atomic E-state index is -0.203. The SMILES string of the molecule is CN(C)CCC(=O)C1CC2CCCC(C1)N2C(=O)OCC1c2ccccc2-c2ccccc21. The number of nitrogens with zero attached hydrogens (tertiary/aromatic N) is 2. The molecule has 0 radical (unpaired) electrons. The third-order valence-corrected chi connectivity index (χ3v) is 7.78. The van der Waals surface area contributed by atoms with Crippen LogP contribution in [0.25, 0.3) is 11.1 Å². The van der Waals surface area contributed by atoms with E-state index in [-0.39, 0.29) is 30.0 Å². The van der Waals surface area contributed by atoms with Crippen LogP contribution in [0.5, 0.6) is 0 Å². The molecule has 2 aromatic carbocycles. The molecule has 0 saturated carbocycles. The van der Waals surface area contributed by atoms with Crippen molar-refractivity contribution in [2.24, 2.45) is 5.92 Å². The van der Waals surface area contributed by atoms with Crippen molar-refractivity contribution in [3.8, 4) is 11.1 Å². The molecule has 1 amide bonds. The van der Waals surface area contributed by atoms with Crippen molar-refractivity contribution in [2.75, 3.05) is 27.2 Å². The molecular formula is C28H34N2O3. The molecule has 0 spiro atoms. The molecule has 0 N–H and O–H groups in total. The van der Waals surface area contributed by atoms with Gasteiger partial charge in [-0.05, 0) is 68.5 Å². The number of hydrogen-bond acceptors (Lipinski definition) is 4. The smallest absolute Gasteiger partial charge is 0.410 e. The van der Waals surface area contributed by atoms with Gasteiger partial charge in [-0.1, -0.05) is 48.5 Å². The molecule has 2 bridgehead atoms. The summed E-state index contributed by atoms with van der Waals surface area (Å²) in [6.45, 7) is 1.15. The van der Waals surface area contributed by atoms with E-state index in [9.17, 15) is 9.59 Å². The van der Waals surface area contributed by atoms with Crippen molar-refractivity contribution in [2.45, 2.75) is 56.5 Å². The summed E-state index contributed by atoms with van der Waals surface area (Å²) in [6.07, 6.45) is 5.03. The molecule has 2 heterocycles. The van der Waals surface area contributed by atoms with E-state index in [0.717, 1.165) is 38.6 Å². The van der Waals surface area contributed by atoms with Crippen LogP contribution in [0.3, 0.4) is 0 Å². The average Bonchev–Trinajstić information content (AvgIpc) is 3.14. The number of fused-ring (bicyclic) bond motifs is 5. The standard InChI is InChI=1S/C28H34N2O3/c1-29(2)15-14-27(31)19-16-20-8-7-9-21(17-19)30(20)28(32)33-18-26-24-12-5-3-10-22(24)23-11-4-6-13-25(23)26/h3-6,10-13,19-21,26H,7-9,14-18H2,1-2H3. The topological polar surface area (TPSA) is 49.9 Å². The molecule has 2 unspecified atom stereocenters. The molecule has 2 aliphatic heterocycles. The van der Waals surface area contributed by atoms with Crippen molar-refractivity contribution in [3.63, 3.8) is 0 Å². The van der Waals surface area contributed by atoms with Gasteiger partial charge in [-0.3, -0.25) is 4.79 Å². The van der Waals surface area contributed by atoms with Gasteiger partial charge < -0.3 is 14.5 Å². The number of benzene rings is 2. The highest BCUT2D eigenvalue weighted by Crippen LogP contribution is 2.45. The quantitative estimate of drug-likeness (QED) is 0.620. The Morgan fingerprint density at radius 3 is 2.09 bits per heavy atom. The van der Waals surface area contributed by atoms with Gasteiger partial charge >= 0.3 is 6.09 Å². The molecule has 174 valence electrons. The second-order valence-electron chi connectivity index (χ2n) is 10.1. The molecule has 5 heteroatoms. The first-order valence-corrected chi connectivity index (χ1v) is 12.3. The summed E-state index contributed by atoms with van der Waals surface area (Å²) in [6, 6.07) is 17.1. The van der Waals surface area contributed by atoms with E-state index in [1.165, 1.54) is 22.3 Å². The predicted molar refractivity (Wildman–Crippen MR) is 129 cm³/mol. The minimum absolute atomic E-state index is 0.0753. The largest absolute Gasteiger partial charge is 0.448 e. The van der Waals surface area contributed by atoms with E-state index in [0.29, 0.717) is 18.8 Å². The third-order valence-electron chi connectivity index (χ3n) is 7.78. The molecular weight excluding hydrogens is 412 g/mol. The van der Waals surface area contributed by atoms with Gasteiger partial charge in [0, 0.05) is 36.9 Å². The zero-order valence-electron chi connectivity index (χ0n) is 19.7. The summed E-state index contributed by atoms with van der Waals surface area (Å²) >= 11 is 0. The highest BCUT2D eigenvalue weighted by Gasteiger charge is 2.43. The van der Waals surface area contributed by atoms with Crippen LogP contribution < -0.4 is 0 Å². The van der Waals surface area contributed by atoms with Crippen LogP contribution >= 0.6 is 0 Å². The van der Waals surface area contributed by atoms with Crippen molar-refractivity contribution in [1.82, 2.24) is 9.80 Å². The molecule has 2 atom stereocenters. The van der Waals surface area contributed by atoms with E-state index >= 15 is 0 Å². The first-order valence-electron chi connectivity index (χ1n) is 12.3. The van der Waals surface area contributed by atoms with Crippen LogP contribution in [0, 0.1) is 5.92 Å². The van der Waals surface area contributed by atoms with Crippen molar-refractivity contribution in [1.29, 1.82) is 0 Å². The van der Waals surface area contributed by atoms with Crippen LogP contribution in [-0.4, -0.2) is 61.0 Å². The Bertz CT molecular complexity index is 974. The molecule has 1 aliphatic carbocycles. The van der Waals surface area contributed by atoms with E-state index in [4.69, 9.17) is 4.74 Å². The lowest BCUT2D eigenvalue weighted by Gasteiger charge is -2.47. The average molecular weight is 447 g/mol. The Labute approximate surface area is 196 Å². The van der Waals surface area contributed by atoms with Gasteiger partial charge in [0.1, 0.15) is 12.4 Å². The van der Waals surface area contributed by atoms with Gasteiger partial charge in [-0.2, -0.15) is 0 Å². The number of hydrogen-bond donors (Lipinski definition) is 0. The summed E-state index contributed by atoms with van der Waals surface area (Å²) in [5.41, 5.74) is 4.94. The monoisotopic (exact) mass is 446 g/mol. The maximum Gasteiger partial charge on any atom is 0.410 e. The molecule has 2 fully saturated rings. The van der Waals surface area contributed by atoms with Gasteiger partial charge in [-0.25, -0.2) is 4.79 Å². The Kier molecular flexibility index (Phi) is 6.24. The predicted octanol–water partition coefficient (Wildman–Crippen LogP) is 5.09. The second-order valence-corrected chi connectivity index (χ2v) is 10.1. The van der Waals surface area contributed by atoms with Gasteiger partial charge in [0.05, 0.1) is 0 Å². The lowest BCUT2D eigenvalue weighted by atomic mass is 9.76. The highest BCUT2D eigenvalue weighted by molar-refractivity contribution is 5.82. The number of rotatable bonds is 6. The van der Waals surface area contributed by atoms with Gasteiger partial charge in [0.25, 0.3) is 0 Å². The third kappa shape index (κ3) is 4.31. The Morgan fingerprint density at radius 2 is 1.52 bits per heavy atom. The maximum atomic E-state index is 13.3. The number of carbonyl (C=O) groups excluding carboxylic acids is 2. The first-order chi connectivity index (χ1) is 16.0.